The van der Waals surface area contributed by atoms with Gasteiger partial charge in [-0.1, -0.05) is 38.0 Å². The molecule has 114 valence electrons. The summed E-state index contributed by atoms with van der Waals surface area (Å²) in [5.74, 6) is -0.901. The smallest absolute Gasteiger partial charge is 0.310 e. The Morgan fingerprint density at radius 3 is 2.38 bits per heavy atom. The molecule has 0 radical (unpaired) electrons. The lowest BCUT2D eigenvalue weighted by molar-refractivity contribution is -0.157. The molecule has 1 aliphatic rings. The van der Waals surface area contributed by atoms with Gasteiger partial charge < -0.3 is 10.0 Å². The van der Waals surface area contributed by atoms with Crippen molar-refractivity contribution in [1.82, 2.24) is 0 Å². The third-order valence-electron chi connectivity index (χ3n) is 4.36. The molecule has 4 heteroatoms. The van der Waals surface area contributed by atoms with Gasteiger partial charge in [0.05, 0.1) is 5.41 Å². The van der Waals surface area contributed by atoms with Crippen LogP contribution in [0.4, 0.5) is 5.69 Å². The van der Waals surface area contributed by atoms with Crippen molar-refractivity contribution in [1.29, 1.82) is 0 Å². The number of aliphatic carboxylic acids is 1. The van der Waals surface area contributed by atoms with Gasteiger partial charge in [-0.2, -0.15) is 0 Å². The SMILES string of the molecule is CCCCN(C(=O)CC1(C(=O)O)CCC1)c1ccccc1. The summed E-state index contributed by atoms with van der Waals surface area (Å²) >= 11 is 0. The largest absolute Gasteiger partial charge is 0.481 e. The Labute approximate surface area is 125 Å². The zero-order valence-corrected chi connectivity index (χ0v) is 12.5. The van der Waals surface area contributed by atoms with Crippen LogP contribution in [0.25, 0.3) is 0 Å². The molecule has 0 saturated heterocycles. The Kier molecular flexibility index (Phi) is 4.99. The van der Waals surface area contributed by atoms with Gasteiger partial charge >= 0.3 is 5.97 Å². The minimum Gasteiger partial charge on any atom is -0.481 e. The maximum atomic E-state index is 12.6. The number of hydrogen-bond acceptors (Lipinski definition) is 2. The van der Waals surface area contributed by atoms with E-state index in [1.54, 1.807) is 4.90 Å². The number of carboxylic acid groups (broad SMARTS) is 1. The molecule has 0 bridgehead atoms. The standard InChI is InChI=1S/C17H23NO3/c1-2-3-12-18(14-8-5-4-6-9-14)15(19)13-17(16(20)21)10-7-11-17/h4-6,8-9H,2-3,7,10-13H2,1H3,(H,20,21). The zero-order valence-electron chi connectivity index (χ0n) is 12.5. The maximum absolute atomic E-state index is 12.6. The predicted molar refractivity (Wildman–Crippen MR) is 82.2 cm³/mol. The van der Waals surface area contributed by atoms with Crippen LogP contribution in [0.1, 0.15) is 45.4 Å². The molecule has 0 unspecified atom stereocenters. The van der Waals surface area contributed by atoms with Crippen molar-refractivity contribution in [2.24, 2.45) is 5.41 Å². The molecule has 0 heterocycles. The molecule has 1 fully saturated rings. The summed E-state index contributed by atoms with van der Waals surface area (Å²) in [5.41, 5.74) is 0.0341. The molecular formula is C17H23NO3. The zero-order chi connectivity index (χ0) is 15.3. The molecule has 1 saturated carbocycles. The molecule has 0 aromatic heterocycles. The second-order valence-corrected chi connectivity index (χ2v) is 5.85. The van der Waals surface area contributed by atoms with E-state index >= 15 is 0 Å². The molecular weight excluding hydrogens is 266 g/mol. The van der Waals surface area contributed by atoms with E-state index in [4.69, 9.17) is 0 Å². The lowest BCUT2D eigenvalue weighted by Crippen LogP contribution is -2.44. The van der Waals surface area contributed by atoms with Gasteiger partial charge in [-0.3, -0.25) is 9.59 Å². The van der Waals surface area contributed by atoms with Crippen LogP contribution >= 0.6 is 0 Å². The molecule has 1 N–H and O–H groups in total. The summed E-state index contributed by atoms with van der Waals surface area (Å²) in [5, 5.41) is 9.39. The summed E-state index contributed by atoms with van der Waals surface area (Å²) in [4.78, 5) is 25.8. The minimum absolute atomic E-state index is 0.0725. The summed E-state index contributed by atoms with van der Waals surface area (Å²) in [6.45, 7) is 2.73. The van der Waals surface area contributed by atoms with E-state index in [0.717, 1.165) is 24.9 Å². The van der Waals surface area contributed by atoms with Crippen LogP contribution in [-0.2, 0) is 9.59 Å². The van der Waals surface area contributed by atoms with Gasteiger partial charge in [0.1, 0.15) is 0 Å². The topological polar surface area (TPSA) is 57.6 Å². The van der Waals surface area contributed by atoms with Crippen molar-refractivity contribution in [2.45, 2.75) is 45.4 Å². The first kappa shape index (κ1) is 15.5. The first-order valence-corrected chi connectivity index (χ1v) is 7.68. The molecule has 0 atom stereocenters. The fourth-order valence-electron chi connectivity index (χ4n) is 2.78. The quantitative estimate of drug-likeness (QED) is 0.836. The summed E-state index contributed by atoms with van der Waals surface area (Å²) in [6, 6.07) is 9.52. The maximum Gasteiger partial charge on any atom is 0.310 e. The Morgan fingerprint density at radius 1 is 1.24 bits per heavy atom. The number of rotatable bonds is 7. The van der Waals surface area contributed by atoms with Crippen LogP contribution in [0.3, 0.4) is 0 Å². The molecule has 0 aliphatic heterocycles. The van der Waals surface area contributed by atoms with E-state index in [1.807, 2.05) is 30.3 Å². The third kappa shape index (κ3) is 3.43. The fourth-order valence-corrected chi connectivity index (χ4v) is 2.78. The number of benzene rings is 1. The molecule has 1 amide bonds. The highest BCUT2D eigenvalue weighted by molar-refractivity contribution is 5.96. The average Bonchev–Trinajstić information content (AvgIpc) is 2.44. The van der Waals surface area contributed by atoms with Crippen molar-refractivity contribution < 1.29 is 14.7 Å². The highest BCUT2D eigenvalue weighted by atomic mass is 16.4. The molecule has 4 nitrogen and oxygen atoms in total. The van der Waals surface area contributed by atoms with Crippen LogP contribution in [0.5, 0.6) is 0 Å². The monoisotopic (exact) mass is 289 g/mol. The third-order valence-corrected chi connectivity index (χ3v) is 4.36. The van der Waals surface area contributed by atoms with Crippen LogP contribution in [-0.4, -0.2) is 23.5 Å². The Morgan fingerprint density at radius 2 is 1.90 bits per heavy atom. The molecule has 21 heavy (non-hydrogen) atoms. The Bertz CT molecular complexity index is 494. The number of carbonyl (C=O) groups excluding carboxylic acids is 1. The molecule has 1 aromatic rings. The lowest BCUT2D eigenvalue weighted by atomic mass is 9.66. The highest BCUT2D eigenvalue weighted by Crippen LogP contribution is 2.44. The van der Waals surface area contributed by atoms with Gasteiger partial charge in [0.2, 0.25) is 5.91 Å². The van der Waals surface area contributed by atoms with Gasteiger partial charge in [0.25, 0.3) is 0 Å². The van der Waals surface area contributed by atoms with E-state index < -0.39 is 11.4 Å². The van der Waals surface area contributed by atoms with E-state index in [9.17, 15) is 14.7 Å². The van der Waals surface area contributed by atoms with Crippen LogP contribution in [0.15, 0.2) is 30.3 Å². The number of carbonyl (C=O) groups is 2. The van der Waals surface area contributed by atoms with Gasteiger partial charge in [0.15, 0.2) is 0 Å². The highest BCUT2D eigenvalue weighted by Gasteiger charge is 2.46. The molecule has 2 rings (SSSR count). The van der Waals surface area contributed by atoms with Gasteiger partial charge in [-0.05, 0) is 31.4 Å². The Hall–Kier alpha value is -1.84. The fraction of sp³-hybridized carbons (Fsp3) is 0.529. The lowest BCUT2D eigenvalue weighted by Gasteiger charge is -2.38. The van der Waals surface area contributed by atoms with E-state index in [-0.39, 0.29) is 12.3 Å². The second kappa shape index (κ2) is 6.74. The van der Waals surface area contributed by atoms with Crippen molar-refractivity contribution >= 4 is 17.6 Å². The van der Waals surface area contributed by atoms with Crippen molar-refractivity contribution in [3.8, 4) is 0 Å². The first-order valence-electron chi connectivity index (χ1n) is 7.68. The molecule has 1 aromatic carbocycles. The van der Waals surface area contributed by atoms with E-state index in [2.05, 4.69) is 6.92 Å². The van der Waals surface area contributed by atoms with Crippen molar-refractivity contribution in [2.75, 3.05) is 11.4 Å². The number of unbranched alkanes of at least 4 members (excludes halogenated alkanes) is 1. The van der Waals surface area contributed by atoms with Gasteiger partial charge in [-0.15, -0.1) is 0 Å². The number of amides is 1. The number of para-hydroxylation sites is 1. The normalized spacial score (nSPS) is 16.0. The number of nitrogens with zero attached hydrogens (tertiary/aromatic N) is 1. The van der Waals surface area contributed by atoms with Gasteiger partial charge in [-0.25, -0.2) is 0 Å². The molecule has 1 aliphatic carbocycles. The second-order valence-electron chi connectivity index (χ2n) is 5.85. The van der Waals surface area contributed by atoms with Crippen LogP contribution < -0.4 is 4.90 Å². The van der Waals surface area contributed by atoms with Crippen molar-refractivity contribution in [3.05, 3.63) is 30.3 Å². The number of anilines is 1. The summed E-state index contributed by atoms with van der Waals surface area (Å²) in [7, 11) is 0. The van der Waals surface area contributed by atoms with E-state index in [0.29, 0.717) is 19.4 Å². The van der Waals surface area contributed by atoms with Crippen molar-refractivity contribution in [3.63, 3.8) is 0 Å². The molecule has 0 spiro atoms. The summed E-state index contributed by atoms with van der Waals surface area (Å²) in [6.07, 6.45) is 4.16. The number of carboxylic acids is 1. The Balaban J connectivity index is 2.13. The summed E-state index contributed by atoms with van der Waals surface area (Å²) < 4.78 is 0. The first-order chi connectivity index (χ1) is 10.1. The van der Waals surface area contributed by atoms with Crippen LogP contribution in [0, 0.1) is 5.41 Å². The average molecular weight is 289 g/mol. The van der Waals surface area contributed by atoms with E-state index in [1.165, 1.54) is 0 Å². The minimum atomic E-state index is -0.828. The van der Waals surface area contributed by atoms with Gasteiger partial charge in [0, 0.05) is 18.7 Å². The predicted octanol–water partition coefficient (Wildman–Crippen LogP) is 3.46. The number of hydrogen-bond donors (Lipinski definition) is 1. The van der Waals surface area contributed by atoms with Crippen LogP contribution in [0.2, 0.25) is 0 Å².